The van der Waals surface area contributed by atoms with Gasteiger partial charge in [-0.3, -0.25) is 19.7 Å². The fraction of sp³-hybridized carbons (Fsp3) is 0.579. The SMILES string of the molecule is COc1ccc([N+](=O)[O-])cc1C(=O)N1CCN(C(=O)CC2CCCC2)CC1. The van der Waals surface area contributed by atoms with Crippen molar-refractivity contribution in [3.63, 3.8) is 0 Å². The van der Waals surface area contributed by atoms with E-state index in [-0.39, 0.29) is 23.1 Å². The Morgan fingerprint density at radius 1 is 1.15 bits per heavy atom. The van der Waals surface area contributed by atoms with Crippen LogP contribution in [0.5, 0.6) is 5.75 Å². The van der Waals surface area contributed by atoms with Gasteiger partial charge in [-0.2, -0.15) is 0 Å². The second kappa shape index (κ2) is 8.37. The number of hydrogen-bond acceptors (Lipinski definition) is 5. The zero-order valence-corrected chi connectivity index (χ0v) is 15.6. The first kappa shape index (κ1) is 19.1. The maximum Gasteiger partial charge on any atom is 0.270 e. The number of hydrogen-bond donors (Lipinski definition) is 0. The third-order valence-corrected chi connectivity index (χ3v) is 5.48. The van der Waals surface area contributed by atoms with Crippen LogP contribution in [0.3, 0.4) is 0 Å². The van der Waals surface area contributed by atoms with Gasteiger partial charge in [0.2, 0.25) is 5.91 Å². The van der Waals surface area contributed by atoms with Crippen LogP contribution in [-0.2, 0) is 4.79 Å². The molecule has 0 spiro atoms. The van der Waals surface area contributed by atoms with Crippen LogP contribution in [-0.4, -0.2) is 59.8 Å². The van der Waals surface area contributed by atoms with E-state index in [4.69, 9.17) is 4.74 Å². The fourth-order valence-electron chi connectivity index (χ4n) is 3.90. The Morgan fingerprint density at radius 2 is 1.78 bits per heavy atom. The molecule has 0 bridgehead atoms. The number of nitro benzene ring substituents is 1. The van der Waals surface area contributed by atoms with E-state index in [1.807, 2.05) is 4.90 Å². The van der Waals surface area contributed by atoms with Crippen LogP contribution in [0.15, 0.2) is 18.2 Å². The third kappa shape index (κ3) is 4.37. The Morgan fingerprint density at radius 3 is 2.37 bits per heavy atom. The number of carbonyl (C=O) groups excluding carboxylic acids is 2. The Hall–Kier alpha value is -2.64. The van der Waals surface area contributed by atoms with Crippen molar-refractivity contribution in [3.05, 3.63) is 33.9 Å². The second-order valence-corrected chi connectivity index (χ2v) is 7.17. The maximum absolute atomic E-state index is 12.8. The lowest BCUT2D eigenvalue weighted by atomic mass is 10.0. The number of non-ortho nitro benzene ring substituents is 1. The fourth-order valence-corrected chi connectivity index (χ4v) is 3.90. The van der Waals surface area contributed by atoms with Crippen molar-refractivity contribution in [3.8, 4) is 5.75 Å². The van der Waals surface area contributed by atoms with E-state index in [2.05, 4.69) is 0 Å². The number of ether oxygens (including phenoxy) is 1. The zero-order chi connectivity index (χ0) is 19.4. The summed E-state index contributed by atoms with van der Waals surface area (Å²) >= 11 is 0. The number of carbonyl (C=O) groups is 2. The molecule has 8 heteroatoms. The van der Waals surface area contributed by atoms with Gasteiger partial charge in [0.25, 0.3) is 11.6 Å². The van der Waals surface area contributed by atoms with E-state index in [0.717, 1.165) is 12.8 Å². The lowest BCUT2D eigenvalue weighted by molar-refractivity contribution is -0.384. The lowest BCUT2D eigenvalue weighted by Crippen LogP contribution is -2.50. The average Bonchev–Trinajstić information content (AvgIpc) is 3.20. The predicted molar refractivity (Wildman–Crippen MR) is 98.7 cm³/mol. The van der Waals surface area contributed by atoms with E-state index in [9.17, 15) is 19.7 Å². The smallest absolute Gasteiger partial charge is 0.270 e. The average molecular weight is 375 g/mol. The Kier molecular flexibility index (Phi) is 5.93. The molecule has 1 aliphatic heterocycles. The van der Waals surface area contributed by atoms with Gasteiger partial charge in [-0.15, -0.1) is 0 Å². The zero-order valence-electron chi connectivity index (χ0n) is 15.6. The monoisotopic (exact) mass is 375 g/mol. The Balaban J connectivity index is 1.62. The molecular weight excluding hydrogens is 350 g/mol. The standard InChI is InChI=1S/C19H25N3O5/c1-27-17-7-6-15(22(25)26)13-16(17)19(24)21-10-8-20(9-11-21)18(23)12-14-4-2-3-5-14/h6-7,13-14H,2-5,8-12H2,1H3. The normalized spacial score (nSPS) is 17.8. The van der Waals surface area contributed by atoms with E-state index >= 15 is 0 Å². The Bertz CT molecular complexity index is 722. The van der Waals surface area contributed by atoms with Crippen molar-refractivity contribution in [2.75, 3.05) is 33.3 Å². The molecule has 146 valence electrons. The minimum atomic E-state index is -0.532. The number of piperazine rings is 1. The largest absolute Gasteiger partial charge is 0.496 e. The molecule has 2 fully saturated rings. The number of rotatable bonds is 5. The number of methoxy groups -OCH3 is 1. The van der Waals surface area contributed by atoms with Crippen molar-refractivity contribution in [1.29, 1.82) is 0 Å². The van der Waals surface area contributed by atoms with Crippen molar-refractivity contribution >= 4 is 17.5 Å². The molecule has 0 atom stereocenters. The molecule has 2 aliphatic rings. The minimum absolute atomic E-state index is 0.149. The van der Waals surface area contributed by atoms with Gasteiger partial charge in [0.05, 0.1) is 17.6 Å². The van der Waals surface area contributed by atoms with Crippen molar-refractivity contribution in [2.24, 2.45) is 5.92 Å². The van der Waals surface area contributed by atoms with Gasteiger partial charge < -0.3 is 14.5 Å². The predicted octanol–water partition coefficient (Wildman–Crippen LogP) is 2.47. The van der Waals surface area contributed by atoms with E-state index < -0.39 is 4.92 Å². The van der Waals surface area contributed by atoms with Crippen molar-refractivity contribution in [1.82, 2.24) is 9.80 Å². The molecule has 0 aromatic heterocycles. The van der Waals surface area contributed by atoms with Crippen molar-refractivity contribution < 1.29 is 19.2 Å². The van der Waals surface area contributed by atoms with Crippen LogP contribution in [0.2, 0.25) is 0 Å². The highest BCUT2D eigenvalue weighted by Crippen LogP contribution is 2.29. The quantitative estimate of drug-likeness (QED) is 0.582. The summed E-state index contributed by atoms with van der Waals surface area (Å²) in [5.74, 6) is 0.678. The van der Waals surface area contributed by atoms with Gasteiger partial charge in [-0.05, 0) is 24.8 Å². The van der Waals surface area contributed by atoms with Gasteiger partial charge in [0.15, 0.2) is 0 Å². The molecule has 1 saturated heterocycles. The molecule has 8 nitrogen and oxygen atoms in total. The summed E-state index contributed by atoms with van der Waals surface area (Å²) in [4.78, 5) is 39.2. The van der Waals surface area contributed by atoms with Crippen LogP contribution in [0, 0.1) is 16.0 Å². The molecule has 3 rings (SSSR count). The number of benzene rings is 1. The highest BCUT2D eigenvalue weighted by Gasteiger charge is 2.29. The molecule has 1 saturated carbocycles. The summed E-state index contributed by atoms with van der Waals surface area (Å²) < 4.78 is 5.19. The Labute approximate surface area is 158 Å². The van der Waals surface area contributed by atoms with Gasteiger partial charge in [0, 0.05) is 44.7 Å². The summed E-state index contributed by atoms with van der Waals surface area (Å²) in [5.41, 5.74) is 0.0296. The van der Waals surface area contributed by atoms with Gasteiger partial charge in [0.1, 0.15) is 5.75 Å². The molecule has 1 aliphatic carbocycles. The minimum Gasteiger partial charge on any atom is -0.496 e. The molecule has 0 unspecified atom stereocenters. The number of nitrogens with zero attached hydrogens (tertiary/aromatic N) is 3. The summed E-state index contributed by atoms with van der Waals surface area (Å²) in [7, 11) is 1.43. The van der Waals surface area contributed by atoms with Crippen LogP contribution in [0.4, 0.5) is 5.69 Å². The number of nitro groups is 1. The molecule has 1 aromatic carbocycles. The highest BCUT2D eigenvalue weighted by atomic mass is 16.6. The second-order valence-electron chi connectivity index (χ2n) is 7.17. The third-order valence-electron chi connectivity index (χ3n) is 5.48. The van der Waals surface area contributed by atoms with Crippen LogP contribution < -0.4 is 4.74 Å². The lowest BCUT2D eigenvalue weighted by Gasteiger charge is -2.35. The molecule has 27 heavy (non-hydrogen) atoms. The molecule has 0 N–H and O–H groups in total. The summed E-state index contributed by atoms with van der Waals surface area (Å²) in [6.45, 7) is 1.82. The maximum atomic E-state index is 12.8. The van der Waals surface area contributed by atoms with Gasteiger partial charge in [-0.25, -0.2) is 0 Å². The van der Waals surface area contributed by atoms with Crippen LogP contribution in [0.1, 0.15) is 42.5 Å². The van der Waals surface area contributed by atoms with Gasteiger partial charge >= 0.3 is 0 Å². The molecule has 1 heterocycles. The first-order valence-electron chi connectivity index (χ1n) is 9.39. The molecule has 2 amide bonds. The van der Waals surface area contributed by atoms with E-state index in [0.29, 0.717) is 44.3 Å². The van der Waals surface area contributed by atoms with Crippen molar-refractivity contribution in [2.45, 2.75) is 32.1 Å². The molecule has 1 aromatic rings. The van der Waals surface area contributed by atoms with Gasteiger partial charge in [-0.1, -0.05) is 12.8 Å². The number of amides is 2. The first-order chi connectivity index (χ1) is 13.0. The summed E-state index contributed by atoms with van der Waals surface area (Å²) in [5, 5.41) is 11.0. The van der Waals surface area contributed by atoms with Crippen LogP contribution in [0.25, 0.3) is 0 Å². The topological polar surface area (TPSA) is 93.0 Å². The summed E-state index contributed by atoms with van der Waals surface area (Å²) in [6.07, 6.45) is 5.30. The van der Waals surface area contributed by atoms with E-state index in [1.54, 1.807) is 4.90 Å². The van der Waals surface area contributed by atoms with E-state index in [1.165, 1.54) is 38.2 Å². The highest BCUT2D eigenvalue weighted by molar-refractivity contribution is 5.97. The summed E-state index contributed by atoms with van der Waals surface area (Å²) in [6, 6.07) is 4.00. The van der Waals surface area contributed by atoms with Crippen LogP contribution >= 0.6 is 0 Å². The molecule has 0 radical (unpaired) electrons. The molecular formula is C19H25N3O5. The first-order valence-corrected chi connectivity index (χ1v) is 9.39.